The highest BCUT2D eigenvalue weighted by atomic mass is 35.5. The lowest BCUT2D eigenvalue weighted by molar-refractivity contribution is 0.318. The molecule has 0 aromatic rings. The molecule has 0 atom stereocenters. The number of nitrogens with zero attached hydrogens (tertiary/aromatic N) is 3. The van der Waals surface area contributed by atoms with Crippen molar-refractivity contribution in [1.82, 2.24) is 14.6 Å². The fraction of sp³-hybridized carbons (Fsp3) is 0.667. The van der Waals surface area contributed by atoms with Crippen LogP contribution in [0.25, 0.3) is 0 Å². The number of fused-ring (bicyclic) bond motifs is 1. The smallest absolute Gasteiger partial charge is 0.152 e. The molecule has 5 heteroatoms. The third-order valence-electron chi connectivity index (χ3n) is 2.40. The van der Waals surface area contributed by atoms with Gasteiger partial charge in [0.15, 0.2) is 5.84 Å². The Hall–Kier alpha value is -0.900. The van der Waals surface area contributed by atoms with Gasteiger partial charge in [-0.1, -0.05) is 13.3 Å². The Bertz CT molecular complexity index is 274. The molecular formula is C9H15ClN4. The number of unbranched alkanes of at least 4 members (excludes halogenated alkanes) is 1. The molecule has 1 N–H and O–H groups in total. The molecule has 0 fully saturated rings. The highest BCUT2D eigenvalue weighted by Gasteiger charge is 2.25. The molecule has 0 aliphatic carbocycles. The van der Waals surface area contributed by atoms with Crippen LogP contribution in [0.2, 0.25) is 0 Å². The number of nitrogens with one attached hydrogen (secondary N) is 1. The minimum atomic E-state index is 0.675. The molecule has 0 saturated heterocycles. The number of halogens is 1. The maximum Gasteiger partial charge on any atom is 0.152 e. The summed E-state index contributed by atoms with van der Waals surface area (Å²) in [6, 6.07) is 0. The molecule has 0 amide bonds. The van der Waals surface area contributed by atoms with Crippen LogP contribution >= 0.6 is 11.8 Å². The number of rotatable bonds is 3. The normalized spacial score (nSPS) is 20.1. The van der Waals surface area contributed by atoms with Crippen LogP contribution in [0.4, 0.5) is 0 Å². The second kappa shape index (κ2) is 4.09. The Labute approximate surface area is 89.3 Å². The van der Waals surface area contributed by atoms with E-state index in [1.54, 1.807) is 4.42 Å². The zero-order valence-electron chi connectivity index (χ0n) is 8.33. The molecule has 0 radical (unpaired) electrons. The summed E-state index contributed by atoms with van der Waals surface area (Å²) in [5.74, 6) is 1.07. The van der Waals surface area contributed by atoms with Gasteiger partial charge in [0.2, 0.25) is 0 Å². The van der Waals surface area contributed by atoms with Gasteiger partial charge in [0.25, 0.3) is 0 Å². The predicted molar refractivity (Wildman–Crippen MR) is 57.7 cm³/mol. The molecule has 0 bridgehead atoms. The lowest BCUT2D eigenvalue weighted by Crippen LogP contribution is -2.42. The largest absolute Gasteiger partial charge is 0.362 e. The summed E-state index contributed by atoms with van der Waals surface area (Å²) in [4.78, 5) is 6.62. The zero-order chi connectivity index (χ0) is 9.97. The first-order valence-corrected chi connectivity index (χ1v) is 5.33. The lowest BCUT2D eigenvalue weighted by Gasteiger charge is -2.31. The van der Waals surface area contributed by atoms with E-state index in [2.05, 4.69) is 22.1 Å². The highest BCUT2D eigenvalue weighted by molar-refractivity contribution is 6.15. The topological polar surface area (TPSA) is 30.9 Å². The molecule has 0 saturated carbocycles. The monoisotopic (exact) mass is 214 g/mol. The van der Waals surface area contributed by atoms with Gasteiger partial charge in [0.05, 0.1) is 5.70 Å². The molecule has 14 heavy (non-hydrogen) atoms. The number of hydrogen-bond donors (Lipinski definition) is 1. The molecule has 2 rings (SSSR count). The number of hydrogen-bond acceptors (Lipinski definition) is 4. The van der Waals surface area contributed by atoms with Gasteiger partial charge in [-0.25, -0.2) is 4.99 Å². The van der Waals surface area contributed by atoms with Crippen LogP contribution in [0.5, 0.6) is 0 Å². The van der Waals surface area contributed by atoms with Crippen molar-refractivity contribution >= 4 is 17.6 Å². The molecule has 78 valence electrons. The minimum absolute atomic E-state index is 0.675. The first-order chi connectivity index (χ1) is 6.81. The summed E-state index contributed by atoms with van der Waals surface area (Å²) >= 11 is 5.98. The van der Waals surface area contributed by atoms with E-state index in [1.807, 2.05) is 6.20 Å². The van der Waals surface area contributed by atoms with Crippen molar-refractivity contribution in [2.45, 2.75) is 19.8 Å². The van der Waals surface area contributed by atoms with E-state index in [9.17, 15) is 0 Å². The maximum atomic E-state index is 5.98. The molecule has 0 spiro atoms. The average molecular weight is 215 g/mol. The first kappa shape index (κ1) is 9.65. The quantitative estimate of drug-likeness (QED) is 0.719. The van der Waals surface area contributed by atoms with E-state index in [1.165, 1.54) is 12.8 Å². The van der Waals surface area contributed by atoms with Crippen molar-refractivity contribution in [2.24, 2.45) is 4.99 Å². The SMILES string of the molecule is CCCCN1CN(Cl)C=C2NCN=C21. The van der Waals surface area contributed by atoms with E-state index in [0.717, 1.165) is 24.7 Å². The third kappa shape index (κ3) is 1.80. The van der Waals surface area contributed by atoms with Gasteiger partial charge in [-0.05, 0) is 6.42 Å². The highest BCUT2D eigenvalue weighted by Crippen LogP contribution is 2.17. The summed E-state index contributed by atoms with van der Waals surface area (Å²) in [6.07, 6.45) is 4.27. The summed E-state index contributed by atoms with van der Waals surface area (Å²) in [6.45, 7) is 4.62. The molecule has 2 aliphatic rings. The Morgan fingerprint density at radius 2 is 2.50 bits per heavy atom. The Morgan fingerprint density at radius 3 is 3.29 bits per heavy atom. The van der Waals surface area contributed by atoms with E-state index >= 15 is 0 Å². The van der Waals surface area contributed by atoms with Crippen molar-refractivity contribution in [3.8, 4) is 0 Å². The number of aliphatic imine (C=N–C) groups is 1. The van der Waals surface area contributed by atoms with Crippen molar-refractivity contribution in [2.75, 3.05) is 19.9 Å². The van der Waals surface area contributed by atoms with Crippen molar-refractivity contribution in [3.05, 3.63) is 11.9 Å². The molecule has 2 aliphatic heterocycles. The minimum Gasteiger partial charge on any atom is -0.362 e. The summed E-state index contributed by atoms with van der Waals surface area (Å²) < 4.78 is 1.67. The molecule has 0 aromatic carbocycles. The Morgan fingerprint density at radius 1 is 1.64 bits per heavy atom. The van der Waals surface area contributed by atoms with Crippen LogP contribution in [0, 0.1) is 0 Å². The van der Waals surface area contributed by atoms with Crippen LogP contribution in [0.3, 0.4) is 0 Å². The van der Waals surface area contributed by atoms with Gasteiger partial charge >= 0.3 is 0 Å². The van der Waals surface area contributed by atoms with Crippen molar-refractivity contribution in [3.63, 3.8) is 0 Å². The standard InChI is InChI=1S/C9H15ClN4/c1-2-3-4-13-7-14(10)5-8-9(13)12-6-11-8/h5,11H,2-4,6-7H2,1H3. The van der Waals surface area contributed by atoms with Crippen LogP contribution in [-0.2, 0) is 0 Å². The predicted octanol–water partition coefficient (Wildman–Crippen LogP) is 1.32. The van der Waals surface area contributed by atoms with Crippen LogP contribution in [0.15, 0.2) is 16.9 Å². The summed E-state index contributed by atoms with van der Waals surface area (Å²) in [7, 11) is 0. The van der Waals surface area contributed by atoms with Crippen LogP contribution in [-0.4, -0.2) is 35.0 Å². The summed E-state index contributed by atoms with van der Waals surface area (Å²) in [5, 5.41) is 3.18. The van der Waals surface area contributed by atoms with Gasteiger partial charge in [0, 0.05) is 24.5 Å². The first-order valence-electron chi connectivity index (χ1n) is 4.99. The zero-order valence-corrected chi connectivity index (χ0v) is 9.09. The Kier molecular flexibility index (Phi) is 2.82. The molecule has 4 nitrogen and oxygen atoms in total. The van der Waals surface area contributed by atoms with Crippen LogP contribution in [0.1, 0.15) is 19.8 Å². The number of amidine groups is 1. The molecule has 0 unspecified atom stereocenters. The fourth-order valence-electron chi connectivity index (χ4n) is 1.67. The summed E-state index contributed by atoms with van der Waals surface area (Å²) in [5.41, 5.74) is 1.04. The van der Waals surface area contributed by atoms with Gasteiger partial charge in [-0.15, -0.1) is 0 Å². The molecule has 2 heterocycles. The van der Waals surface area contributed by atoms with Crippen molar-refractivity contribution < 1.29 is 0 Å². The fourth-order valence-corrected chi connectivity index (χ4v) is 1.90. The van der Waals surface area contributed by atoms with E-state index < -0.39 is 0 Å². The Balaban J connectivity index is 2.07. The van der Waals surface area contributed by atoms with Crippen LogP contribution < -0.4 is 5.32 Å². The maximum absolute atomic E-state index is 5.98. The molecular weight excluding hydrogens is 200 g/mol. The second-order valence-electron chi connectivity index (χ2n) is 3.52. The second-order valence-corrected chi connectivity index (χ2v) is 3.95. The van der Waals surface area contributed by atoms with Gasteiger partial charge in [0.1, 0.15) is 13.3 Å². The lowest BCUT2D eigenvalue weighted by atomic mass is 10.3. The van der Waals surface area contributed by atoms with E-state index in [4.69, 9.17) is 11.8 Å². The van der Waals surface area contributed by atoms with Gasteiger partial charge in [-0.3, -0.25) is 4.42 Å². The van der Waals surface area contributed by atoms with E-state index in [0.29, 0.717) is 6.67 Å². The van der Waals surface area contributed by atoms with Gasteiger partial charge in [-0.2, -0.15) is 0 Å². The molecule has 0 aromatic heterocycles. The van der Waals surface area contributed by atoms with E-state index in [-0.39, 0.29) is 0 Å². The average Bonchev–Trinajstić information content (AvgIpc) is 2.61. The van der Waals surface area contributed by atoms with Gasteiger partial charge < -0.3 is 10.2 Å². The van der Waals surface area contributed by atoms with Crippen molar-refractivity contribution in [1.29, 1.82) is 0 Å². The third-order valence-corrected chi connectivity index (χ3v) is 2.60.